The number of ketones is 3. The molecule has 6 aromatic rings. The van der Waals surface area contributed by atoms with E-state index in [2.05, 4.69) is 56.7 Å². The summed E-state index contributed by atoms with van der Waals surface area (Å²) in [6.07, 6.45) is 15.4. The number of carbonyl (C=O) groups is 3. The number of nitrogens with one attached hydrogen (secondary N) is 4. The lowest BCUT2D eigenvalue weighted by Gasteiger charge is -2.65. The van der Waals surface area contributed by atoms with E-state index in [9.17, 15) is 35.4 Å². The van der Waals surface area contributed by atoms with Crippen LogP contribution in [0.5, 0.6) is 11.5 Å². The summed E-state index contributed by atoms with van der Waals surface area (Å²) in [5.74, 6) is 3.38. The van der Waals surface area contributed by atoms with Crippen molar-refractivity contribution in [1.29, 1.82) is 0 Å². The summed E-state index contributed by atoms with van der Waals surface area (Å²) in [6, 6.07) is 12.8. The fourth-order valence-electron chi connectivity index (χ4n) is 25.4. The molecule has 17 aliphatic rings. The molecule has 3 aromatic carbocycles. The molecule has 23 rings (SSSR count). The Kier molecular flexibility index (Phi) is 11.7. The molecule has 5 aliphatic heterocycles. The number of hydrogen-bond acceptors (Lipinski definition) is 16. The number of benzene rings is 3. The molecule has 12 N–H and O–H groups in total. The minimum Gasteiger partial charge on any atom is -0.507 e. The van der Waals surface area contributed by atoms with Gasteiger partial charge in [-0.25, -0.2) is 9.97 Å². The number of nitrogens with two attached hydrogens (primary N) is 1. The third-order valence-electron chi connectivity index (χ3n) is 29.2. The van der Waals surface area contributed by atoms with Gasteiger partial charge in [-0.2, -0.15) is 0 Å². The Morgan fingerprint density at radius 1 is 0.847 bits per heavy atom. The van der Waals surface area contributed by atoms with Crippen molar-refractivity contribution in [2.75, 3.05) is 11.9 Å². The SMILES string of the molecule is Cc1cc(O)c2c(c1)C(=O)c1c(c3cc4c(nccc14)NCC(O)C14CCC5C#CCC67CCCC8CC9(CCC(=O)CC9Cc9ccc%10c(c9)C=CNC%10N)c9nc[nH]c9C86c6[nH]c(c(c6CC7)C51)C1=CC5(O3)OC3(C1=C4CC1(CCC4(CCCC4)C1)C3O)C(O)C(O)C5O)C2=O. The van der Waals surface area contributed by atoms with Crippen LogP contribution in [-0.2, 0) is 33.2 Å². The van der Waals surface area contributed by atoms with Gasteiger partial charge in [0.15, 0.2) is 17.5 Å². The van der Waals surface area contributed by atoms with Crippen LogP contribution in [0, 0.1) is 58.2 Å². The van der Waals surface area contributed by atoms with Gasteiger partial charge in [-0.15, -0.1) is 5.92 Å². The number of phenols is 1. The summed E-state index contributed by atoms with van der Waals surface area (Å²) in [5, 5.41) is 88.8. The van der Waals surface area contributed by atoms with Gasteiger partial charge in [-0.05, 0) is 213 Å². The number of carbonyl (C=O) groups excluding carboxylic acids is 3. The maximum absolute atomic E-state index is 15.7. The number of imidazole rings is 1. The third kappa shape index (κ3) is 6.94. The molecule has 18 heteroatoms. The van der Waals surface area contributed by atoms with Gasteiger partial charge >= 0.3 is 0 Å². The topological polar surface area (TPSA) is 298 Å². The average Bonchev–Trinajstić information content (AvgIpc) is 1.40. The van der Waals surface area contributed by atoms with E-state index in [0.717, 1.165) is 115 Å². The number of aryl methyl sites for hydroxylation is 1. The highest BCUT2D eigenvalue weighted by Gasteiger charge is 2.78. The number of aromatic amines is 2. The molecule has 8 spiro atoms. The number of H-pyrrole nitrogens is 2. The molecule has 17 atom stereocenters. The van der Waals surface area contributed by atoms with Crippen LogP contribution in [-0.4, -0.2) is 116 Å². The summed E-state index contributed by atoms with van der Waals surface area (Å²) >= 11 is 0. The van der Waals surface area contributed by atoms with E-state index in [1.165, 1.54) is 6.07 Å². The number of phenolic OH excluding ortho intramolecular Hbond substituents is 1. The molecule has 17 unspecified atom stereocenters. The predicted molar refractivity (Wildman–Crippen MR) is 360 cm³/mol. The summed E-state index contributed by atoms with van der Waals surface area (Å²) in [5.41, 5.74) is 11.5. The van der Waals surface area contributed by atoms with E-state index in [1.807, 2.05) is 12.5 Å². The van der Waals surface area contributed by atoms with Crippen molar-refractivity contribution in [3.63, 3.8) is 0 Å². The zero-order chi connectivity index (χ0) is 66.3. The van der Waals surface area contributed by atoms with Gasteiger partial charge in [0.2, 0.25) is 5.78 Å². The average molecular weight is 1320 g/mol. The molecule has 12 bridgehead atoms. The van der Waals surface area contributed by atoms with Crippen molar-refractivity contribution in [2.24, 2.45) is 45.1 Å². The second-order valence-corrected chi connectivity index (χ2v) is 33.2. The number of ether oxygens (including phenoxy) is 2. The van der Waals surface area contributed by atoms with Gasteiger partial charge in [0.1, 0.15) is 41.5 Å². The Morgan fingerprint density at radius 2 is 1.71 bits per heavy atom. The summed E-state index contributed by atoms with van der Waals surface area (Å²) in [4.78, 5) is 64.2. The fourth-order valence-corrected chi connectivity index (χ4v) is 25.4. The largest absolute Gasteiger partial charge is 0.507 e. The van der Waals surface area contributed by atoms with Crippen LogP contribution in [0.3, 0.4) is 0 Å². The zero-order valence-corrected chi connectivity index (χ0v) is 55.0. The molecule has 5 saturated carbocycles. The second-order valence-electron chi connectivity index (χ2n) is 33.2. The Hall–Kier alpha value is -7.73. The number of anilines is 1. The molecule has 1 saturated heterocycles. The first-order valence-electron chi connectivity index (χ1n) is 36.3. The molecule has 0 radical (unpaired) electrons. The summed E-state index contributed by atoms with van der Waals surface area (Å²) < 4.78 is 15.3. The molecule has 8 heterocycles. The normalized spacial score (nSPS) is 39.4. The number of fused-ring (bicyclic) bond motifs is 10. The predicted octanol–water partition coefficient (Wildman–Crippen LogP) is 9.38. The lowest BCUT2D eigenvalue weighted by atomic mass is 9.38. The number of pyridine rings is 1. The first-order valence-corrected chi connectivity index (χ1v) is 36.3. The van der Waals surface area contributed by atoms with E-state index in [1.54, 1.807) is 37.4 Å². The maximum Gasteiger partial charge on any atom is 0.261 e. The quantitative estimate of drug-likeness (QED) is 0.0719. The van der Waals surface area contributed by atoms with E-state index in [-0.39, 0.29) is 69.7 Å². The van der Waals surface area contributed by atoms with Crippen molar-refractivity contribution in [3.8, 4) is 23.3 Å². The number of aliphatic hydroxyl groups is 5. The molecular formula is C80H81N7O11. The Morgan fingerprint density at radius 3 is 2.58 bits per heavy atom. The number of aromatic nitrogens is 4. The van der Waals surface area contributed by atoms with Crippen LogP contribution in [0.25, 0.3) is 22.4 Å². The van der Waals surface area contributed by atoms with Gasteiger partial charge in [0, 0.05) is 93.6 Å². The smallest absolute Gasteiger partial charge is 0.261 e. The van der Waals surface area contributed by atoms with Gasteiger partial charge in [-0.1, -0.05) is 49.0 Å². The number of rotatable bonds is 2. The van der Waals surface area contributed by atoms with Crippen molar-refractivity contribution >= 4 is 45.6 Å². The molecule has 502 valence electrons. The van der Waals surface area contributed by atoms with Crippen molar-refractivity contribution < 1.29 is 54.5 Å². The first-order chi connectivity index (χ1) is 47.3. The first kappa shape index (κ1) is 59.2. The van der Waals surface area contributed by atoms with Crippen LogP contribution >= 0.6 is 0 Å². The standard InChI is InChI=1S/C80H81N7O11/c1-38-26-49-55(52(89)27-38)63(92)58-53-31-48-46(56(58)62(49)91)14-25-83-71(48)84-35-54(90)77-21-10-40-6-4-17-75-18-5-7-42-32-76(20-11-44(88)30-43(76)29-39-8-9-45-41(28-39)13-24-82-70(45)81)66-67(86-37-85-66)79(42,75)65-47(12-19-75)57(59(40)77)61(87-65)50-33-78(97-53)68(94)64(93)69(95)80(98-78)60(50)51(77)34-74(72(80)96)23-22-73(36-74)15-2-3-16-73/h8-9,13-14,24-28,31,33,37,40,42-43,54,59,64,68-70,72,82,87,89-90,93-96H,2-3,5,7,10-12,15-23,29-30,32,34-36,81H2,1H3,(H,83,84)(H,85,86). The number of aliphatic hydroxyl groups excluding tert-OH is 5. The van der Waals surface area contributed by atoms with E-state index in [4.69, 9.17) is 25.2 Å². The minimum atomic E-state index is -2.54. The number of hydrogen-bond donors (Lipinski definition) is 11. The molecule has 0 amide bonds. The highest BCUT2D eigenvalue weighted by molar-refractivity contribution is 6.34. The van der Waals surface area contributed by atoms with Gasteiger partial charge in [0.05, 0.1) is 46.5 Å². The maximum atomic E-state index is 15.7. The molecule has 98 heavy (non-hydrogen) atoms. The van der Waals surface area contributed by atoms with Crippen LogP contribution in [0.4, 0.5) is 5.82 Å². The van der Waals surface area contributed by atoms with Crippen LogP contribution in [0.15, 0.2) is 78.4 Å². The molecule has 18 nitrogen and oxygen atoms in total. The van der Waals surface area contributed by atoms with E-state index < -0.39 is 92.2 Å². The lowest BCUT2D eigenvalue weighted by Crippen LogP contribution is -2.79. The van der Waals surface area contributed by atoms with Crippen LogP contribution in [0.2, 0.25) is 0 Å². The van der Waals surface area contributed by atoms with Gasteiger partial charge in [-0.3, -0.25) is 14.4 Å². The summed E-state index contributed by atoms with van der Waals surface area (Å²) in [7, 11) is 0. The number of Topliss-reactive ketones (excluding diaryl/α,β-unsaturated/α-hetero) is 1. The molecule has 6 fully saturated rings. The second kappa shape index (κ2) is 19.4. The van der Waals surface area contributed by atoms with Crippen molar-refractivity contribution in [1.82, 2.24) is 25.3 Å². The molecule has 12 aliphatic carbocycles. The van der Waals surface area contributed by atoms with Crippen LogP contribution < -0.4 is 21.1 Å². The Balaban J connectivity index is 0.847. The van der Waals surface area contributed by atoms with Gasteiger partial charge < -0.3 is 66.4 Å². The number of nitrogens with zero attached hydrogens (tertiary/aromatic N) is 2. The zero-order valence-electron chi connectivity index (χ0n) is 55.0. The Labute approximate surface area is 566 Å². The number of aromatic hydroxyl groups is 1. The van der Waals surface area contributed by atoms with Crippen molar-refractivity contribution in [2.45, 2.75) is 207 Å². The van der Waals surface area contributed by atoms with E-state index in [0.29, 0.717) is 110 Å². The van der Waals surface area contributed by atoms with Crippen molar-refractivity contribution in [3.05, 3.63) is 157 Å². The monoisotopic (exact) mass is 1320 g/mol. The lowest BCUT2D eigenvalue weighted by molar-refractivity contribution is -0.366. The molecular weight excluding hydrogens is 1230 g/mol. The van der Waals surface area contributed by atoms with Gasteiger partial charge in [0.25, 0.3) is 5.79 Å². The molecule has 3 aromatic heterocycles. The fraction of sp³-hybridized carbons (Fsp3) is 0.512. The van der Waals surface area contributed by atoms with Crippen LogP contribution in [0.1, 0.15) is 222 Å². The summed E-state index contributed by atoms with van der Waals surface area (Å²) in [6.45, 7) is 1.68. The van der Waals surface area contributed by atoms with E-state index >= 15 is 9.59 Å². The third-order valence-corrected chi connectivity index (χ3v) is 29.2. The highest BCUT2D eigenvalue weighted by atomic mass is 16.7. The minimum absolute atomic E-state index is 0.00236. The highest BCUT2D eigenvalue weighted by Crippen LogP contribution is 2.78. The Bertz CT molecular complexity index is 4850.